The van der Waals surface area contributed by atoms with Crippen LogP contribution in [0.4, 0.5) is 20.4 Å². The van der Waals surface area contributed by atoms with E-state index in [0.29, 0.717) is 44.3 Å². The predicted octanol–water partition coefficient (Wildman–Crippen LogP) is 6.78. The monoisotopic (exact) mass is 537 g/mol. The minimum Gasteiger partial charge on any atom is -0.390 e. The number of aliphatic hydroxyl groups is 1. The molecular formula is C29H30ClF2N5O. The highest BCUT2D eigenvalue weighted by molar-refractivity contribution is 6.34. The van der Waals surface area contributed by atoms with Crippen molar-refractivity contribution < 1.29 is 13.9 Å². The maximum Gasteiger partial charge on any atom is 0.225 e. The topological polar surface area (TPSA) is 74.2 Å². The maximum atomic E-state index is 15.2. The van der Waals surface area contributed by atoms with Gasteiger partial charge in [-0.15, -0.1) is 0 Å². The molecule has 1 aliphatic heterocycles. The summed E-state index contributed by atoms with van der Waals surface area (Å²) in [5, 5.41) is 14.5. The molecule has 5 rings (SSSR count). The number of benzene rings is 2. The fraction of sp³-hybridized carbons (Fsp3) is 0.345. The molecule has 2 aromatic carbocycles. The zero-order valence-electron chi connectivity index (χ0n) is 21.5. The number of nitrogens with zero attached hydrogens (tertiary/aromatic N) is 4. The number of halogens is 3. The number of hydrogen-bond donors (Lipinski definition) is 2. The molecule has 1 unspecified atom stereocenters. The van der Waals surface area contributed by atoms with Crippen LogP contribution < -0.4 is 10.2 Å². The summed E-state index contributed by atoms with van der Waals surface area (Å²) < 4.78 is 29.6. The number of aromatic nitrogens is 3. The van der Waals surface area contributed by atoms with Gasteiger partial charge in [0.05, 0.1) is 27.9 Å². The fourth-order valence-electron chi connectivity index (χ4n) is 5.09. The van der Waals surface area contributed by atoms with Crippen LogP contribution in [0.3, 0.4) is 0 Å². The predicted molar refractivity (Wildman–Crippen MR) is 147 cm³/mol. The standard InChI is InChI=1S/C29H30ClF2N5O/c1-17(20-6-4-5-7-24(20)31)36-27-22-12-21(25(32)13-26(22)33-16-23(27)30)18-14-34-28(35-15-18)37-10-8-19(9-11-37)29(2,3)38/h4-7,12-17,19,38H,8-11H2,1-3H3,(H,33,36). The summed E-state index contributed by atoms with van der Waals surface area (Å²) in [5.74, 6) is 0.0296. The molecule has 38 heavy (non-hydrogen) atoms. The van der Waals surface area contributed by atoms with Crippen molar-refractivity contribution in [1.29, 1.82) is 0 Å². The van der Waals surface area contributed by atoms with Gasteiger partial charge in [-0.1, -0.05) is 29.8 Å². The minimum absolute atomic E-state index is 0.231. The van der Waals surface area contributed by atoms with E-state index in [9.17, 15) is 9.50 Å². The number of hydrogen-bond acceptors (Lipinski definition) is 6. The number of anilines is 2. The van der Waals surface area contributed by atoms with Crippen molar-refractivity contribution in [2.24, 2.45) is 5.92 Å². The van der Waals surface area contributed by atoms with Crippen molar-refractivity contribution in [2.75, 3.05) is 23.3 Å². The Bertz CT molecular complexity index is 1450. The van der Waals surface area contributed by atoms with Gasteiger partial charge < -0.3 is 15.3 Å². The third-order valence-electron chi connectivity index (χ3n) is 7.37. The largest absolute Gasteiger partial charge is 0.390 e. The molecule has 3 heterocycles. The van der Waals surface area contributed by atoms with Crippen LogP contribution in [0, 0.1) is 17.6 Å². The number of piperidine rings is 1. The van der Waals surface area contributed by atoms with Crippen LogP contribution in [0.25, 0.3) is 22.0 Å². The molecule has 9 heteroatoms. The molecule has 1 aliphatic rings. The molecule has 198 valence electrons. The summed E-state index contributed by atoms with van der Waals surface area (Å²) >= 11 is 6.50. The van der Waals surface area contributed by atoms with E-state index in [1.807, 2.05) is 20.8 Å². The lowest BCUT2D eigenvalue weighted by Gasteiger charge is -2.37. The highest BCUT2D eigenvalue weighted by Gasteiger charge is 2.31. The first-order valence-corrected chi connectivity index (χ1v) is 13.1. The van der Waals surface area contributed by atoms with E-state index in [4.69, 9.17) is 11.6 Å². The molecule has 0 bridgehead atoms. The van der Waals surface area contributed by atoms with Gasteiger partial charge in [0.2, 0.25) is 5.95 Å². The molecule has 2 N–H and O–H groups in total. The van der Waals surface area contributed by atoms with Gasteiger partial charge in [-0.25, -0.2) is 18.7 Å². The van der Waals surface area contributed by atoms with Crippen molar-refractivity contribution >= 4 is 34.1 Å². The second-order valence-electron chi connectivity index (χ2n) is 10.4. The van der Waals surface area contributed by atoms with Crippen molar-refractivity contribution in [1.82, 2.24) is 15.0 Å². The molecule has 0 saturated carbocycles. The molecule has 0 radical (unpaired) electrons. The van der Waals surface area contributed by atoms with Gasteiger partial charge in [-0.3, -0.25) is 4.98 Å². The number of rotatable bonds is 6. The third kappa shape index (κ3) is 5.28. The molecule has 0 spiro atoms. The van der Waals surface area contributed by atoms with E-state index < -0.39 is 17.5 Å². The van der Waals surface area contributed by atoms with Crippen LogP contribution in [0.2, 0.25) is 5.02 Å². The van der Waals surface area contributed by atoms with Crippen LogP contribution in [0.1, 0.15) is 45.2 Å². The number of nitrogens with one attached hydrogen (secondary N) is 1. The molecular weight excluding hydrogens is 508 g/mol. The molecule has 2 aromatic heterocycles. The van der Waals surface area contributed by atoms with E-state index in [-0.39, 0.29) is 11.7 Å². The first-order chi connectivity index (χ1) is 18.1. The van der Waals surface area contributed by atoms with E-state index in [2.05, 4.69) is 25.2 Å². The Hall–Kier alpha value is -3.36. The summed E-state index contributed by atoms with van der Waals surface area (Å²) in [6.45, 7) is 7.03. The quantitative estimate of drug-likeness (QED) is 0.282. The summed E-state index contributed by atoms with van der Waals surface area (Å²) in [5.41, 5.74) is 1.59. The lowest BCUT2D eigenvalue weighted by Crippen LogP contribution is -2.42. The van der Waals surface area contributed by atoms with Gasteiger partial charge >= 0.3 is 0 Å². The summed E-state index contributed by atoms with van der Waals surface area (Å²) in [7, 11) is 0. The molecule has 4 aromatic rings. The van der Waals surface area contributed by atoms with Crippen molar-refractivity contribution in [3.05, 3.63) is 77.2 Å². The molecule has 0 amide bonds. The second kappa shape index (κ2) is 10.4. The van der Waals surface area contributed by atoms with Gasteiger partial charge in [0, 0.05) is 59.8 Å². The zero-order chi connectivity index (χ0) is 27.0. The first-order valence-electron chi connectivity index (χ1n) is 12.7. The normalized spacial score (nSPS) is 15.6. The summed E-state index contributed by atoms with van der Waals surface area (Å²) in [6.07, 6.45) is 6.38. The minimum atomic E-state index is -0.705. The fourth-order valence-corrected chi connectivity index (χ4v) is 5.29. The SMILES string of the molecule is CC(Nc1c(Cl)cnc2cc(F)c(-c3cnc(N4CCC(C(C)(C)O)CC4)nc3)cc12)c1ccccc1F. The lowest BCUT2D eigenvalue weighted by atomic mass is 9.83. The Morgan fingerprint density at radius 2 is 1.71 bits per heavy atom. The Kier molecular flexibility index (Phi) is 7.20. The van der Waals surface area contributed by atoms with Crippen molar-refractivity contribution in [3.63, 3.8) is 0 Å². The smallest absolute Gasteiger partial charge is 0.225 e. The van der Waals surface area contributed by atoms with Crippen molar-refractivity contribution in [3.8, 4) is 11.1 Å². The van der Waals surface area contributed by atoms with Crippen LogP contribution in [0.15, 0.2) is 55.0 Å². The van der Waals surface area contributed by atoms with Gasteiger partial charge in [0.15, 0.2) is 0 Å². The van der Waals surface area contributed by atoms with Crippen LogP contribution in [0.5, 0.6) is 0 Å². The van der Waals surface area contributed by atoms with E-state index in [1.165, 1.54) is 18.3 Å². The Morgan fingerprint density at radius 1 is 1.03 bits per heavy atom. The first kappa shape index (κ1) is 26.3. The average molecular weight is 538 g/mol. The summed E-state index contributed by atoms with van der Waals surface area (Å²) in [4.78, 5) is 15.4. The van der Waals surface area contributed by atoms with Crippen LogP contribution >= 0.6 is 11.6 Å². The van der Waals surface area contributed by atoms with Crippen LogP contribution in [-0.4, -0.2) is 38.7 Å². The maximum absolute atomic E-state index is 15.2. The second-order valence-corrected chi connectivity index (χ2v) is 10.8. The molecule has 0 aliphatic carbocycles. The molecule has 1 atom stereocenters. The van der Waals surface area contributed by atoms with Gasteiger partial charge in [-0.2, -0.15) is 0 Å². The highest BCUT2D eigenvalue weighted by atomic mass is 35.5. The van der Waals surface area contributed by atoms with E-state index in [1.54, 1.807) is 36.7 Å². The van der Waals surface area contributed by atoms with E-state index in [0.717, 1.165) is 25.9 Å². The van der Waals surface area contributed by atoms with Gasteiger partial charge in [-0.05, 0) is 51.7 Å². The van der Waals surface area contributed by atoms with Crippen LogP contribution in [-0.2, 0) is 0 Å². The summed E-state index contributed by atoms with van der Waals surface area (Å²) in [6, 6.07) is 9.17. The third-order valence-corrected chi connectivity index (χ3v) is 7.66. The Morgan fingerprint density at radius 3 is 2.37 bits per heavy atom. The molecule has 6 nitrogen and oxygen atoms in total. The van der Waals surface area contributed by atoms with Crippen molar-refractivity contribution in [2.45, 2.75) is 45.3 Å². The number of pyridine rings is 1. The average Bonchev–Trinajstić information content (AvgIpc) is 2.90. The number of fused-ring (bicyclic) bond motifs is 1. The highest BCUT2D eigenvalue weighted by Crippen LogP contribution is 2.37. The molecule has 1 saturated heterocycles. The van der Waals surface area contributed by atoms with Gasteiger partial charge in [0.25, 0.3) is 0 Å². The van der Waals surface area contributed by atoms with Gasteiger partial charge in [0.1, 0.15) is 11.6 Å². The van der Waals surface area contributed by atoms with E-state index >= 15 is 4.39 Å². The molecule has 1 fully saturated rings. The zero-order valence-corrected chi connectivity index (χ0v) is 22.3. The lowest BCUT2D eigenvalue weighted by molar-refractivity contribution is 0.00639. The Balaban J connectivity index is 1.43. The Labute approximate surface area is 225 Å².